The van der Waals surface area contributed by atoms with E-state index in [0.717, 1.165) is 49.2 Å². The number of rotatable bonds is 4. The van der Waals surface area contributed by atoms with Gasteiger partial charge in [-0.15, -0.1) is 11.3 Å². The number of benzene rings is 9. The van der Waals surface area contributed by atoms with Gasteiger partial charge >= 0.3 is 0 Å². The minimum atomic E-state index is 0.0271. The summed E-state index contributed by atoms with van der Waals surface area (Å²) < 4.78 is 6.87. The zero-order valence-electron chi connectivity index (χ0n) is 31.7. The Morgan fingerprint density at radius 3 is 1.86 bits per heavy atom. The van der Waals surface area contributed by atoms with Crippen LogP contribution in [-0.2, 0) is 0 Å². The number of thiophene rings is 1. The molecule has 0 bridgehead atoms. The minimum Gasteiger partial charge on any atom is -0.309 e. The number of hydrogen-bond acceptors (Lipinski definition) is 2. The molecule has 0 saturated heterocycles. The molecule has 13 aromatic rings. The Hall–Kier alpha value is -7.53. The lowest BCUT2D eigenvalue weighted by Gasteiger charge is -2.11. The fourth-order valence-electron chi connectivity index (χ4n) is 9.91. The van der Waals surface area contributed by atoms with E-state index in [1.165, 1.54) is 69.8 Å². The quantitative estimate of drug-likeness (QED) is 0.164. The number of pyridine rings is 1. The van der Waals surface area contributed by atoms with Gasteiger partial charge in [-0.1, -0.05) is 133 Å². The summed E-state index contributed by atoms with van der Waals surface area (Å²) in [6, 6.07) is 69.7. The van der Waals surface area contributed by atoms with Crippen LogP contribution in [0.1, 0.15) is 0 Å². The largest absolute Gasteiger partial charge is 0.309 e. The molecule has 4 aromatic heterocycles. The van der Waals surface area contributed by atoms with Crippen molar-refractivity contribution in [1.82, 2.24) is 8.97 Å². The fourth-order valence-corrected chi connectivity index (χ4v) is 11.0. The predicted molar refractivity (Wildman–Crippen MR) is 251 cm³/mol. The molecule has 0 aliphatic heterocycles. The second-order valence-corrected chi connectivity index (χ2v) is 16.7. The maximum absolute atomic E-state index is 14.2. The van der Waals surface area contributed by atoms with E-state index in [9.17, 15) is 4.79 Å². The summed E-state index contributed by atoms with van der Waals surface area (Å²) in [7, 11) is 0. The molecule has 274 valence electrons. The second kappa shape index (κ2) is 12.2. The third-order valence-electron chi connectivity index (χ3n) is 12.5. The van der Waals surface area contributed by atoms with Crippen LogP contribution in [0.25, 0.3) is 119 Å². The van der Waals surface area contributed by atoms with Crippen molar-refractivity contribution in [3.63, 3.8) is 0 Å². The van der Waals surface area contributed by atoms with E-state index < -0.39 is 0 Å². The van der Waals surface area contributed by atoms with E-state index >= 15 is 0 Å². The van der Waals surface area contributed by atoms with Gasteiger partial charge in [0.2, 0.25) is 0 Å². The fraction of sp³-hybridized carbons (Fsp3) is 0. The normalized spacial score (nSPS) is 12.1. The molecular weight excluding hydrogens is 737 g/mol. The van der Waals surface area contributed by atoms with Gasteiger partial charge in [-0.05, 0) is 99.4 Å². The topological polar surface area (TPSA) is 26.4 Å². The maximum Gasteiger partial charge on any atom is 0.263 e. The highest BCUT2D eigenvalue weighted by Crippen LogP contribution is 2.46. The van der Waals surface area contributed by atoms with Gasteiger partial charge in [0.25, 0.3) is 5.56 Å². The van der Waals surface area contributed by atoms with E-state index in [2.05, 4.69) is 180 Å². The highest BCUT2D eigenvalue weighted by atomic mass is 32.1. The molecule has 0 fully saturated rings. The monoisotopic (exact) mass is 768 g/mol. The Morgan fingerprint density at radius 2 is 0.983 bits per heavy atom. The van der Waals surface area contributed by atoms with Crippen LogP contribution in [0.2, 0.25) is 0 Å². The zero-order valence-corrected chi connectivity index (χ0v) is 32.5. The highest BCUT2D eigenvalue weighted by molar-refractivity contribution is 7.26. The second-order valence-electron chi connectivity index (χ2n) is 15.6. The standard InChI is InChI=1S/C55H32N2OS/c58-55-43-18-5-4-16-38(43)42-21-9-22-44-52-40(19-10-24-49(52)57(55)54(42)44)41-20-11-25-51-53(41)46-32-37(27-29-50(46)59-51)56-47-23-7-6-17-39(47)45-31-36(26-28-48(45)56)35-15-8-14-34(30-35)33-12-2-1-3-13-33/h1-32H. The lowest BCUT2D eigenvalue weighted by Crippen LogP contribution is -2.12. The van der Waals surface area contributed by atoms with Gasteiger partial charge in [0.15, 0.2) is 0 Å². The first-order chi connectivity index (χ1) is 29.2. The molecule has 0 spiro atoms. The summed E-state index contributed by atoms with van der Waals surface area (Å²) in [6.07, 6.45) is 0. The summed E-state index contributed by atoms with van der Waals surface area (Å²) in [6.45, 7) is 0. The molecule has 4 heterocycles. The van der Waals surface area contributed by atoms with Crippen molar-refractivity contribution in [3.05, 3.63) is 204 Å². The van der Waals surface area contributed by atoms with E-state index in [4.69, 9.17) is 0 Å². The SMILES string of the molecule is O=c1c2ccccc2c2cccc3c4c(-c5cccc6sc7ccc(-n8c9ccccc9c9cc(-c%10cccc(-c%11ccccc%11)c%10)ccc98)cc7c56)cccc4n1c23. The van der Waals surface area contributed by atoms with Crippen LogP contribution in [0, 0.1) is 0 Å². The molecule has 0 aliphatic carbocycles. The first-order valence-corrected chi connectivity index (χ1v) is 20.9. The predicted octanol–water partition coefficient (Wildman–Crippen LogP) is 14.7. The average Bonchev–Trinajstić information content (AvgIpc) is 3.96. The molecule has 59 heavy (non-hydrogen) atoms. The maximum atomic E-state index is 14.2. The van der Waals surface area contributed by atoms with Crippen LogP contribution in [0.3, 0.4) is 0 Å². The van der Waals surface area contributed by atoms with Crippen molar-refractivity contribution in [3.8, 4) is 39.1 Å². The molecule has 13 rings (SSSR count). The van der Waals surface area contributed by atoms with E-state index in [1.807, 2.05) is 33.9 Å². The third-order valence-corrected chi connectivity index (χ3v) is 13.6. The van der Waals surface area contributed by atoms with Crippen molar-refractivity contribution < 1.29 is 0 Å². The lowest BCUT2D eigenvalue weighted by molar-refractivity contribution is 1.19. The van der Waals surface area contributed by atoms with Gasteiger partial charge in [-0.2, -0.15) is 0 Å². The van der Waals surface area contributed by atoms with Crippen LogP contribution in [0.5, 0.6) is 0 Å². The summed E-state index contributed by atoms with van der Waals surface area (Å²) in [5, 5.41) is 9.99. The smallest absolute Gasteiger partial charge is 0.263 e. The van der Waals surface area contributed by atoms with Gasteiger partial charge in [0.1, 0.15) is 0 Å². The molecular formula is C55H32N2OS. The van der Waals surface area contributed by atoms with E-state index in [0.29, 0.717) is 0 Å². The van der Waals surface area contributed by atoms with E-state index in [1.54, 1.807) is 0 Å². The zero-order chi connectivity index (χ0) is 38.8. The van der Waals surface area contributed by atoms with Crippen molar-refractivity contribution in [2.24, 2.45) is 0 Å². The summed E-state index contributed by atoms with van der Waals surface area (Å²) in [4.78, 5) is 14.2. The number of nitrogens with zero attached hydrogens (tertiary/aromatic N) is 2. The van der Waals surface area contributed by atoms with Gasteiger partial charge in [0.05, 0.1) is 22.1 Å². The number of fused-ring (bicyclic) bond motifs is 11. The minimum absolute atomic E-state index is 0.0271. The Bertz CT molecular complexity index is 3930. The summed E-state index contributed by atoms with van der Waals surface area (Å²) >= 11 is 1.84. The first-order valence-electron chi connectivity index (χ1n) is 20.0. The first kappa shape index (κ1) is 32.5. The number of para-hydroxylation sites is 2. The molecule has 0 unspecified atom stereocenters. The molecule has 9 aromatic carbocycles. The average molecular weight is 769 g/mol. The molecule has 0 N–H and O–H groups in total. The summed E-state index contributed by atoms with van der Waals surface area (Å²) in [5.41, 5.74) is 12.6. The van der Waals surface area contributed by atoms with Gasteiger partial charge in [-0.25, -0.2) is 0 Å². The summed E-state index contributed by atoms with van der Waals surface area (Å²) in [5.74, 6) is 0. The van der Waals surface area contributed by atoms with Gasteiger partial charge < -0.3 is 4.57 Å². The molecule has 4 heteroatoms. The number of hydrogen-bond donors (Lipinski definition) is 0. The molecule has 0 atom stereocenters. The van der Waals surface area contributed by atoms with Crippen molar-refractivity contribution in [2.75, 3.05) is 0 Å². The van der Waals surface area contributed by atoms with Crippen LogP contribution in [-0.4, -0.2) is 8.97 Å². The van der Waals surface area contributed by atoms with Crippen LogP contribution >= 0.6 is 11.3 Å². The molecule has 3 nitrogen and oxygen atoms in total. The molecule has 0 radical (unpaired) electrons. The van der Waals surface area contributed by atoms with E-state index in [-0.39, 0.29) is 5.56 Å². The Kier molecular flexibility index (Phi) is 6.75. The van der Waals surface area contributed by atoms with Crippen LogP contribution in [0.15, 0.2) is 199 Å². The van der Waals surface area contributed by atoms with Crippen LogP contribution in [0.4, 0.5) is 0 Å². The Morgan fingerprint density at radius 1 is 0.356 bits per heavy atom. The lowest BCUT2D eigenvalue weighted by atomic mass is 9.95. The van der Waals surface area contributed by atoms with Crippen molar-refractivity contribution in [1.29, 1.82) is 0 Å². The van der Waals surface area contributed by atoms with Gasteiger partial charge in [0, 0.05) is 58.2 Å². The Labute approximate surface area is 342 Å². The van der Waals surface area contributed by atoms with Crippen LogP contribution < -0.4 is 5.56 Å². The van der Waals surface area contributed by atoms with Gasteiger partial charge in [-0.3, -0.25) is 9.20 Å². The number of aromatic nitrogens is 2. The third kappa shape index (κ3) is 4.60. The molecule has 0 saturated carbocycles. The highest BCUT2D eigenvalue weighted by Gasteiger charge is 2.22. The van der Waals surface area contributed by atoms with Crippen molar-refractivity contribution in [2.45, 2.75) is 0 Å². The molecule has 0 amide bonds. The Balaban J connectivity index is 1.03. The van der Waals surface area contributed by atoms with Crippen molar-refractivity contribution >= 4 is 91.3 Å². The molecule has 0 aliphatic rings.